The Hall–Kier alpha value is -3.37. The number of imidazole rings is 1. The quantitative estimate of drug-likeness (QED) is 0.500. The number of aromatic amines is 1. The van der Waals surface area contributed by atoms with Gasteiger partial charge in [-0.25, -0.2) is 4.98 Å². The summed E-state index contributed by atoms with van der Waals surface area (Å²) in [4.78, 5) is 20.1. The smallest absolute Gasteiger partial charge is 0.255 e. The first-order chi connectivity index (χ1) is 12.8. The van der Waals surface area contributed by atoms with Crippen LogP contribution in [-0.2, 0) is 0 Å². The fourth-order valence-corrected chi connectivity index (χ4v) is 2.77. The van der Waals surface area contributed by atoms with Crippen molar-refractivity contribution in [3.63, 3.8) is 0 Å². The zero-order valence-corrected chi connectivity index (χ0v) is 15.2. The number of carbonyl (C=O) groups excluding carboxylic acids is 1. The number of nitrogens with one attached hydrogen (secondary N) is 2. The molecule has 1 aromatic heterocycles. The number of hydrogen-bond donors (Lipinski definition) is 2. The zero-order chi connectivity index (χ0) is 17.8. The molecule has 0 spiro atoms. The molecule has 0 unspecified atom stereocenters. The maximum Gasteiger partial charge on any atom is 0.255 e. The van der Waals surface area contributed by atoms with Gasteiger partial charge in [-0.3, -0.25) is 4.79 Å². The Kier molecular flexibility index (Phi) is 5.69. The van der Waals surface area contributed by atoms with Crippen LogP contribution < -0.4 is 5.32 Å². The standard InChI is InChI=1S/C22H17N3O.ClH/c26-22(17-10-5-2-6-11-17)24-19-13-7-12-18(14-19)20-15-23-21(25-20)16-8-3-1-4-9-16;/h1-15H,(H,23,25)(H,24,26);1H. The molecular formula is C22H18ClN3O. The fraction of sp³-hybridized carbons (Fsp3) is 0. The lowest BCUT2D eigenvalue weighted by atomic mass is 10.1. The molecule has 27 heavy (non-hydrogen) atoms. The number of anilines is 1. The second-order valence-electron chi connectivity index (χ2n) is 5.91. The van der Waals surface area contributed by atoms with E-state index in [2.05, 4.69) is 15.3 Å². The van der Waals surface area contributed by atoms with E-state index in [9.17, 15) is 4.79 Å². The summed E-state index contributed by atoms with van der Waals surface area (Å²) in [5.74, 6) is 0.691. The highest BCUT2D eigenvalue weighted by Gasteiger charge is 2.08. The maximum atomic E-state index is 12.3. The molecule has 4 aromatic rings. The molecular weight excluding hydrogens is 358 g/mol. The van der Waals surface area contributed by atoms with Gasteiger partial charge in [-0.05, 0) is 24.3 Å². The van der Waals surface area contributed by atoms with Crippen LogP contribution in [-0.4, -0.2) is 15.9 Å². The van der Waals surface area contributed by atoms with Gasteiger partial charge in [0.15, 0.2) is 0 Å². The molecule has 0 radical (unpaired) electrons. The number of rotatable bonds is 4. The molecule has 0 bridgehead atoms. The number of nitrogens with zero attached hydrogens (tertiary/aromatic N) is 1. The SMILES string of the molecule is Cl.O=C(Nc1cccc(-c2cnc(-c3ccccc3)[nH]2)c1)c1ccccc1. The van der Waals surface area contributed by atoms with Crippen molar-refractivity contribution >= 4 is 24.0 Å². The predicted molar refractivity (Wildman–Crippen MR) is 111 cm³/mol. The lowest BCUT2D eigenvalue weighted by Gasteiger charge is -2.07. The molecule has 134 valence electrons. The normalized spacial score (nSPS) is 10.1. The van der Waals surface area contributed by atoms with Gasteiger partial charge in [0.25, 0.3) is 5.91 Å². The highest BCUT2D eigenvalue weighted by atomic mass is 35.5. The molecule has 5 heteroatoms. The maximum absolute atomic E-state index is 12.3. The molecule has 0 aliphatic rings. The van der Waals surface area contributed by atoms with E-state index in [4.69, 9.17) is 0 Å². The van der Waals surface area contributed by atoms with Gasteiger partial charge in [-0.15, -0.1) is 12.4 Å². The summed E-state index contributed by atoms with van der Waals surface area (Å²) >= 11 is 0. The van der Waals surface area contributed by atoms with Gasteiger partial charge in [0.2, 0.25) is 0 Å². The van der Waals surface area contributed by atoms with E-state index in [-0.39, 0.29) is 18.3 Å². The highest BCUT2D eigenvalue weighted by Crippen LogP contribution is 2.24. The van der Waals surface area contributed by atoms with Crippen LogP contribution in [0.1, 0.15) is 10.4 Å². The first-order valence-corrected chi connectivity index (χ1v) is 8.37. The van der Waals surface area contributed by atoms with Gasteiger partial charge >= 0.3 is 0 Å². The van der Waals surface area contributed by atoms with Crippen molar-refractivity contribution in [2.75, 3.05) is 5.32 Å². The van der Waals surface area contributed by atoms with Gasteiger partial charge in [0.1, 0.15) is 5.82 Å². The molecule has 0 fully saturated rings. The Bertz CT molecular complexity index is 1030. The third-order valence-electron chi connectivity index (χ3n) is 4.09. The van der Waals surface area contributed by atoms with Crippen LogP contribution in [0.2, 0.25) is 0 Å². The number of halogens is 1. The molecule has 2 N–H and O–H groups in total. The van der Waals surface area contributed by atoms with Crippen molar-refractivity contribution in [1.82, 2.24) is 9.97 Å². The lowest BCUT2D eigenvalue weighted by molar-refractivity contribution is 0.102. The first kappa shape index (κ1) is 18.4. The Morgan fingerprint density at radius 3 is 2.22 bits per heavy atom. The minimum Gasteiger partial charge on any atom is -0.338 e. The summed E-state index contributed by atoms with van der Waals surface area (Å²) in [7, 11) is 0. The van der Waals surface area contributed by atoms with E-state index in [1.165, 1.54) is 0 Å². The Labute approximate surface area is 163 Å². The third kappa shape index (κ3) is 4.25. The van der Waals surface area contributed by atoms with Crippen molar-refractivity contribution in [2.45, 2.75) is 0 Å². The largest absolute Gasteiger partial charge is 0.338 e. The number of carbonyl (C=O) groups is 1. The average molecular weight is 376 g/mol. The van der Waals surface area contributed by atoms with Crippen molar-refractivity contribution < 1.29 is 4.79 Å². The van der Waals surface area contributed by atoms with Gasteiger partial charge in [0.05, 0.1) is 11.9 Å². The minimum absolute atomic E-state index is 0. The van der Waals surface area contributed by atoms with E-state index in [0.29, 0.717) is 5.56 Å². The van der Waals surface area contributed by atoms with Crippen molar-refractivity contribution in [3.8, 4) is 22.6 Å². The van der Waals surface area contributed by atoms with Crippen LogP contribution in [0.4, 0.5) is 5.69 Å². The van der Waals surface area contributed by atoms with Crippen molar-refractivity contribution in [3.05, 3.63) is 96.7 Å². The zero-order valence-electron chi connectivity index (χ0n) is 14.4. The number of amides is 1. The van der Waals surface area contributed by atoms with Gasteiger partial charge in [0, 0.05) is 22.4 Å². The summed E-state index contributed by atoms with van der Waals surface area (Å²) in [5.41, 5.74) is 4.27. The average Bonchev–Trinajstić information content (AvgIpc) is 3.20. The molecule has 0 saturated heterocycles. The van der Waals surface area contributed by atoms with Crippen LogP contribution in [0.5, 0.6) is 0 Å². The van der Waals surface area contributed by atoms with Gasteiger partial charge in [-0.1, -0.05) is 60.7 Å². The van der Waals surface area contributed by atoms with E-state index in [1.807, 2.05) is 72.8 Å². The number of aromatic nitrogens is 2. The lowest BCUT2D eigenvalue weighted by Crippen LogP contribution is -2.11. The summed E-state index contributed by atoms with van der Waals surface area (Å²) in [6.45, 7) is 0. The van der Waals surface area contributed by atoms with Crippen molar-refractivity contribution in [2.24, 2.45) is 0 Å². The number of benzene rings is 3. The van der Waals surface area contributed by atoms with Crippen molar-refractivity contribution in [1.29, 1.82) is 0 Å². The summed E-state index contributed by atoms with van der Waals surface area (Å²) in [6.07, 6.45) is 1.81. The van der Waals surface area contributed by atoms with E-state index in [0.717, 1.165) is 28.3 Å². The number of H-pyrrole nitrogens is 1. The molecule has 1 amide bonds. The topological polar surface area (TPSA) is 57.8 Å². The molecule has 1 heterocycles. The Morgan fingerprint density at radius 2 is 1.48 bits per heavy atom. The summed E-state index contributed by atoms with van der Waals surface area (Å²) in [6, 6.07) is 26.9. The van der Waals surface area contributed by atoms with E-state index >= 15 is 0 Å². The molecule has 3 aromatic carbocycles. The van der Waals surface area contributed by atoms with Crippen LogP contribution >= 0.6 is 12.4 Å². The van der Waals surface area contributed by atoms with Gasteiger partial charge in [-0.2, -0.15) is 0 Å². The number of hydrogen-bond acceptors (Lipinski definition) is 2. The molecule has 4 rings (SSSR count). The molecule has 0 aliphatic heterocycles. The second-order valence-corrected chi connectivity index (χ2v) is 5.91. The minimum atomic E-state index is -0.127. The molecule has 0 saturated carbocycles. The van der Waals surface area contributed by atoms with Crippen LogP contribution in [0, 0.1) is 0 Å². The van der Waals surface area contributed by atoms with E-state index < -0.39 is 0 Å². The van der Waals surface area contributed by atoms with Crippen LogP contribution in [0.3, 0.4) is 0 Å². The Morgan fingerprint density at radius 1 is 0.815 bits per heavy atom. The van der Waals surface area contributed by atoms with Crippen LogP contribution in [0.15, 0.2) is 91.1 Å². The Balaban J connectivity index is 0.00000210. The predicted octanol–water partition coefficient (Wildman–Crippen LogP) is 5.42. The first-order valence-electron chi connectivity index (χ1n) is 8.37. The van der Waals surface area contributed by atoms with E-state index in [1.54, 1.807) is 18.3 Å². The molecule has 0 atom stereocenters. The fourth-order valence-electron chi connectivity index (χ4n) is 2.77. The summed E-state index contributed by atoms with van der Waals surface area (Å²) < 4.78 is 0. The molecule has 4 nitrogen and oxygen atoms in total. The third-order valence-corrected chi connectivity index (χ3v) is 4.09. The van der Waals surface area contributed by atoms with Crippen LogP contribution in [0.25, 0.3) is 22.6 Å². The second kappa shape index (κ2) is 8.34. The summed E-state index contributed by atoms with van der Waals surface area (Å²) in [5, 5.41) is 2.93. The molecule has 0 aliphatic carbocycles. The highest BCUT2D eigenvalue weighted by molar-refractivity contribution is 6.04. The monoisotopic (exact) mass is 375 g/mol. The van der Waals surface area contributed by atoms with Gasteiger partial charge < -0.3 is 10.3 Å².